The molecule has 0 spiro atoms. The number of nitrogens with one attached hydrogen (secondary N) is 1. The minimum absolute atomic E-state index is 0.0789. The second-order valence-electron chi connectivity index (χ2n) is 5.86. The van der Waals surface area contributed by atoms with Crippen molar-refractivity contribution in [3.8, 4) is 0 Å². The van der Waals surface area contributed by atoms with Gasteiger partial charge in [0, 0.05) is 12.6 Å². The standard InChI is InChI=1S/C11H24N2O3S/c1-5-16-9-6-8(12)10(9)13-17(14,15)7-11(2,3)4/h8-10,13H,5-7,12H2,1-4H3. The lowest BCUT2D eigenvalue weighted by Crippen LogP contribution is -2.65. The molecule has 0 bridgehead atoms. The molecule has 1 fully saturated rings. The zero-order chi connectivity index (χ0) is 13.3. The molecule has 6 heteroatoms. The molecule has 17 heavy (non-hydrogen) atoms. The van der Waals surface area contributed by atoms with Crippen molar-refractivity contribution in [2.75, 3.05) is 12.4 Å². The predicted octanol–water partition coefficient (Wildman–Crippen LogP) is 0.457. The molecule has 0 saturated heterocycles. The monoisotopic (exact) mass is 264 g/mol. The number of hydrogen-bond donors (Lipinski definition) is 2. The van der Waals surface area contributed by atoms with Crippen LogP contribution in [0.5, 0.6) is 0 Å². The van der Waals surface area contributed by atoms with Gasteiger partial charge in [-0.2, -0.15) is 0 Å². The summed E-state index contributed by atoms with van der Waals surface area (Å²) in [5.74, 6) is 0.0993. The van der Waals surface area contributed by atoms with E-state index < -0.39 is 10.0 Å². The predicted molar refractivity (Wildman–Crippen MR) is 68.2 cm³/mol. The average Bonchev–Trinajstić information content (AvgIpc) is 2.11. The molecule has 5 nitrogen and oxygen atoms in total. The van der Waals surface area contributed by atoms with Gasteiger partial charge >= 0.3 is 0 Å². The zero-order valence-electron chi connectivity index (χ0n) is 11.1. The fourth-order valence-corrected chi connectivity index (χ4v) is 3.97. The molecule has 0 amide bonds. The third kappa shape index (κ3) is 4.54. The van der Waals surface area contributed by atoms with Crippen molar-refractivity contribution in [3.63, 3.8) is 0 Å². The SMILES string of the molecule is CCOC1CC(N)C1NS(=O)(=O)CC(C)(C)C. The first-order chi connectivity index (χ1) is 7.64. The Morgan fingerprint density at radius 1 is 1.41 bits per heavy atom. The molecule has 0 aromatic heterocycles. The molecule has 1 aliphatic rings. The molecule has 0 aromatic rings. The average molecular weight is 264 g/mol. The van der Waals surface area contributed by atoms with Gasteiger partial charge in [0.05, 0.1) is 17.9 Å². The summed E-state index contributed by atoms with van der Waals surface area (Å²) in [4.78, 5) is 0. The van der Waals surface area contributed by atoms with E-state index in [1.165, 1.54) is 0 Å². The Kier molecular flexibility index (Phi) is 4.57. The van der Waals surface area contributed by atoms with Gasteiger partial charge < -0.3 is 10.5 Å². The van der Waals surface area contributed by atoms with Crippen molar-refractivity contribution in [2.45, 2.75) is 52.3 Å². The Morgan fingerprint density at radius 2 is 2.00 bits per heavy atom. The summed E-state index contributed by atoms with van der Waals surface area (Å²) in [5, 5.41) is 0. The first kappa shape index (κ1) is 14.9. The van der Waals surface area contributed by atoms with Gasteiger partial charge in [-0.3, -0.25) is 0 Å². The lowest BCUT2D eigenvalue weighted by Gasteiger charge is -2.42. The Bertz CT molecular complexity index is 346. The van der Waals surface area contributed by atoms with Crippen molar-refractivity contribution in [3.05, 3.63) is 0 Å². The van der Waals surface area contributed by atoms with E-state index in [0.29, 0.717) is 6.61 Å². The van der Waals surface area contributed by atoms with Gasteiger partial charge in [-0.15, -0.1) is 0 Å². The van der Waals surface area contributed by atoms with Crippen molar-refractivity contribution < 1.29 is 13.2 Å². The van der Waals surface area contributed by atoms with E-state index in [2.05, 4.69) is 4.72 Å². The van der Waals surface area contributed by atoms with Crippen LogP contribution in [0.25, 0.3) is 0 Å². The van der Waals surface area contributed by atoms with Gasteiger partial charge in [0.25, 0.3) is 0 Å². The fourth-order valence-electron chi connectivity index (χ4n) is 2.01. The Balaban J connectivity index is 2.58. The summed E-state index contributed by atoms with van der Waals surface area (Å²) in [7, 11) is -3.29. The van der Waals surface area contributed by atoms with Crippen LogP contribution in [0, 0.1) is 5.41 Å². The lowest BCUT2D eigenvalue weighted by molar-refractivity contribution is -0.0248. The van der Waals surface area contributed by atoms with Gasteiger partial charge in [-0.25, -0.2) is 13.1 Å². The minimum atomic E-state index is -3.29. The summed E-state index contributed by atoms with van der Waals surface area (Å²) in [5.41, 5.74) is 5.54. The Morgan fingerprint density at radius 3 is 2.41 bits per heavy atom. The largest absolute Gasteiger partial charge is 0.377 e. The van der Waals surface area contributed by atoms with E-state index in [4.69, 9.17) is 10.5 Å². The van der Waals surface area contributed by atoms with Crippen LogP contribution >= 0.6 is 0 Å². The molecule has 102 valence electrons. The van der Waals surface area contributed by atoms with Gasteiger partial charge in [0.2, 0.25) is 10.0 Å². The van der Waals surface area contributed by atoms with E-state index in [9.17, 15) is 8.42 Å². The Hall–Kier alpha value is -0.170. The summed E-state index contributed by atoms with van der Waals surface area (Å²) >= 11 is 0. The highest BCUT2D eigenvalue weighted by Crippen LogP contribution is 2.24. The van der Waals surface area contributed by atoms with Crippen LogP contribution in [0.4, 0.5) is 0 Å². The van der Waals surface area contributed by atoms with Crippen LogP contribution in [0.2, 0.25) is 0 Å². The molecule has 1 rings (SSSR count). The minimum Gasteiger partial charge on any atom is -0.377 e. The maximum atomic E-state index is 11.9. The molecule has 1 saturated carbocycles. The van der Waals surface area contributed by atoms with Crippen LogP contribution in [-0.2, 0) is 14.8 Å². The topological polar surface area (TPSA) is 81.4 Å². The second kappa shape index (κ2) is 5.22. The molecule has 0 heterocycles. The van der Waals surface area contributed by atoms with Crippen molar-refractivity contribution in [2.24, 2.45) is 11.1 Å². The number of nitrogens with two attached hydrogens (primary N) is 1. The zero-order valence-corrected chi connectivity index (χ0v) is 11.9. The highest BCUT2D eigenvalue weighted by Gasteiger charge is 2.42. The van der Waals surface area contributed by atoms with Crippen molar-refractivity contribution in [1.29, 1.82) is 0 Å². The summed E-state index contributed by atoms with van der Waals surface area (Å²) < 4.78 is 31.9. The fraction of sp³-hybridized carbons (Fsp3) is 1.00. The third-order valence-electron chi connectivity index (χ3n) is 2.69. The highest BCUT2D eigenvalue weighted by molar-refractivity contribution is 7.89. The summed E-state index contributed by atoms with van der Waals surface area (Å²) in [6, 6.07) is -0.413. The van der Waals surface area contributed by atoms with Gasteiger partial charge in [-0.1, -0.05) is 20.8 Å². The molecule has 0 aromatic carbocycles. The van der Waals surface area contributed by atoms with Crippen molar-refractivity contribution >= 4 is 10.0 Å². The third-order valence-corrected chi connectivity index (χ3v) is 4.56. The molecule has 0 aliphatic heterocycles. The Labute approximate surface area is 104 Å². The maximum Gasteiger partial charge on any atom is 0.212 e. The van der Waals surface area contributed by atoms with Gasteiger partial charge in [0.1, 0.15) is 0 Å². The van der Waals surface area contributed by atoms with E-state index in [0.717, 1.165) is 6.42 Å². The number of sulfonamides is 1. The maximum absolute atomic E-state index is 11.9. The van der Waals surface area contributed by atoms with Crippen LogP contribution < -0.4 is 10.5 Å². The normalized spacial score (nSPS) is 30.1. The highest BCUT2D eigenvalue weighted by atomic mass is 32.2. The van der Waals surface area contributed by atoms with Crippen LogP contribution in [0.3, 0.4) is 0 Å². The molecular formula is C11H24N2O3S. The molecule has 0 radical (unpaired) electrons. The molecule has 3 unspecified atom stereocenters. The van der Waals surface area contributed by atoms with Gasteiger partial charge in [0.15, 0.2) is 0 Å². The molecule has 3 N–H and O–H groups in total. The van der Waals surface area contributed by atoms with Crippen molar-refractivity contribution in [1.82, 2.24) is 4.72 Å². The summed E-state index contributed by atoms with van der Waals surface area (Å²) in [6.45, 7) is 8.16. The first-order valence-corrected chi connectivity index (χ1v) is 7.67. The molecular weight excluding hydrogens is 240 g/mol. The number of rotatable bonds is 5. The van der Waals surface area contributed by atoms with Crippen LogP contribution in [0.1, 0.15) is 34.1 Å². The quantitative estimate of drug-likeness (QED) is 0.755. The summed E-state index contributed by atoms with van der Waals surface area (Å²) in [6.07, 6.45) is 0.640. The first-order valence-electron chi connectivity index (χ1n) is 6.02. The second-order valence-corrected chi connectivity index (χ2v) is 7.61. The van der Waals surface area contributed by atoms with Crippen LogP contribution in [0.15, 0.2) is 0 Å². The number of ether oxygens (including phenoxy) is 1. The molecule has 3 atom stereocenters. The smallest absolute Gasteiger partial charge is 0.212 e. The van der Waals surface area contributed by atoms with Gasteiger partial charge in [-0.05, 0) is 18.8 Å². The van der Waals surface area contributed by atoms with E-state index in [1.807, 2.05) is 27.7 Å². The van der Waals surface area contributed by atoms with Crippen LogP contribution in [-0.4, -0.2) is 39.0 Å². The lowest BCUT2D eigenvalue weighted by atomic mass is 9.84. The number of hydrogen-bond acceptors (Lipinski definition) is 4. The molecule has 1 aliphatic carbocycles. The van der Waals surface area contributed by atoms with E-state index in [-0.39, 0.29) is 29.4 Å². The van der Waals surface area contributed by atoms with E-state index >= 15 is 0 Å². The van der Waals surface area contributed by atoms with E-state index in [1.54, 1.807) is 0 Å².